The van der Waals surface area contributed by atoms with E-state index in [1.807, 2.05) is 30.3 Å². The number of fused-ring (bicyclic) bond motifs is 1. The number of carbonyl (C=O) groups is 3. The molecule has 0 saturated carbocycles. The Hall–Kier alpha value is -3.15. The van der Waals surface area contributed by atoms with Gasteiger partial charge in [-0.3, -0.25) is 14.4 Å². The first-order chi connectivity index (χ1) is 11.9. The lowest BCUT2D eigenvalue weighted by molar-refractivity contribution is -0.132. The summed E-state index contributed by atoms with van der Waals surface area (Å²) in [6, 6.07) is 12.1. The van der Waals surface area contributed by atoms with E-state index < -0.39 is 18.0 Å². The Bertz CT molecular complexity index is 840. The maximum atomic E-state index is 12.6. The van der Waals surface area contributed by atoms with Gasteiger partial charge in [-0.1, -0.05) is 30.3 Å². The molecule has 128 valence electrons. The second-order valence-electron chi connectivity index (χ2n) is 5.63. The van der Waals surface area contributed by atoms with Gasteiger partial charge in [-0.15, -0.1) is 0 Å². The van der Waals surface area contributed by atoms with E-state index in [4.69, 9.17) is 14.2 Å². The molecule has 1 heterocycles. The fourth-order valence-electron chi connectivity index (χ4n) is 2.71. The van der Waals surface area contributed by atoms with Crippen LogP contribution in [0.2, 0.25) is 0 Å². The molecule has 0 aromatic heterocycles. The summed E-state index contributed by atoms with van der Waals surface area (Å²) in [4.78, 5) is 35.2. The number of hydrogen-bond acceptors (Lipinski definition) is 6. The summed E-state index contributed by atoms with van der Waals surface area (Å²) in [5.74, 6) is -0.932. The minimum absolute atomic E-state index is 0.0257. The second kappa shape index (κ2) is 6.76. The number of ketones is 1. The zero-order valence-corrected chi connectivity index (χ0v) is 13.8. The fourth-order valence-corrected chi connectivity index (χ4v) is 2.71. The lowest BCUT2D eigenvalue weighted by atomic mass is 9.95. The summed E-state index contributed by atoms with van der Waals surface area (Å²) in [5.41, 5.74) is 1.03. The van der Waals surface area contributed by atoms with Gasteiger partial charge in [-0.2, -0.15) is 0 Å². The zero-order chi connectivity index (χ0) is 18.0. The highest BCUT2D eigenvalue weighted by Gasteiger charge is 2.32. The first-order valence-electron chi connectivity index (χ1n) is 7.73. The molecule has 6 nitrogen and oxygen atoms in total. The minimum atomic E-state index is -0.583. The number of carbonyl (C=O) groups excluding carboxylic acids is 3. The van der Waals surface area contributed by atoms with Crippen LogP contribution in [-0.4, -0.2) is 17.7 Å². The second-order valence-corrected chi connectivity index (χ2v) is 5.63. The number of hydrogen-bond donors (Lipinski definition) is 0. The number of esters is 2. The molecule has 2 aromatic rings. The van der Waals surface area contributed by atoms with Crippen LogP contribution in [0.5, 0.6) is 17.2 Å². The predicted octanol–water partition coefficient (Wildman–Crippen LogP) is 3.24. The van der Waals surface area contributed by atoms with Crippen molar-refractivity contribution in [3.8, 4) is 17.2 Å². The third kappa shape index (κ3) is 3.68. The summed E-state index contributed by atoms with van der Waals surface area (Å²) in [6.07, 6.45) is -0.336. The Labute approximate surface area is 144 Å². The van der Waals surface area contributed by atoms with E-state index in [-0.39, 0.29) is 35.0 Å². The molecule has 0 amide bonds. The predicted molar refractivity (Wildman–Crippen MR) is 87.8 cm³/mol. The molecular weight excluding hydrogens is 324 g/mol. The van der Waals surface area contributed by atoms with Crippen LogP contribution < -0.4 is 14.2 Å². The van der Waals surface area contributed by atoms with Crippen molar-refractivity contribution in [3.05, 3.63) is 53.6 Å². The van der Waals surface area contributed by atoms with E-state index in [9.17, 15) is 14.4 Å². The van der Waals surface area contributed by atoms with Crippen LogP contribution in [0.25, 0.3) is 0 Å². The maximum Gasteiger partial charge on any atom is 0.308 e. The average Bonchev–Trinajstić information content (AvgIpc) is 2.53. The molecular formula is C19H16O6. The highest BCUT2D eigenvalue weighted by Crippen LogP contribution is 2.42. The van der Waals surface area contributed by atoms with E-state index in [0.717, 1.165) is 5.56 Å². The molecule has 0 aliphatic carbocycles. The van der Waals surface area contributed by atoms with E-state index in [1.165, 1.54) is 26.0 Å². The topological polar surface area (TPSA) is 78.9 Å². The van der Waals surface area contributed by atoms with E-state index in [2.05, 4.69) is 0 Å². The highest BCUT2D eigenvalue weighted by molar-refractivity contribution is 6.03. The number of ether oxygens (including phenoxy) is 3. The van der Waals surface area contributed by atoms with Gasteiger partial charge in [0.25, 0.3) is 0 Å². The Morgan fingerprint density at radius 2 is 1.72 bits per heavy atom. The van der Waals surface area contributed by atoms with Gasteiger partial charge in [0.15, 0.2) is 5.78 Å². The molecule has 0 spiro atoms. The van der Waals surface area contributed by atoms with Gasteiger partial charge in [0, 0.05) is 26.0 Å². The van der Waals surface area contributed by atoms with Crippen molar-refractivity contribution in [3.63, 3.8) is 0 Å². The number of Topliss-reactive ketones (excluding diaryl/α,β-unsaturated/α-hetero) is 1. The Kier molecular flexibility index (Phi) is 4.52. The van der Waals surface area contributed by atoms with Crippen molar-refractivity contribution < 1.29 is 28.6 Å². The lowest BCUT2D eigenvalue weighted by Gasteiger charge is -2.27. The van der Waals surface area contributed by atoms with Gasteiger partial charge in [0.05, 0.1) is 6.42 Å². The Morgan fingerprint density at radius 3 is 2.36 bits per heavy atom. The van der Waals surface area contributed by atoms with Crippen LogP contribution in [0.15, 0.2) is 42.5 Å². The Balaban J connectivity index is 2.04. The van der Waals surface area contributed by atoms with Crippen molar-refractivity contribution in [2.24, 2.45) is 0 Å². The molecule has 2 aromatic carbocycles. The van der Waals surface area contributed by atoms with E-state index in [1.54, 1.807) is 0 Å². The third-order valence-corrected chi connectivity index (χ3v) is 3.64. The Morgan fingerprint density at radius 1 is 1.04 bits per heavy atom. The first-order valence-corrected chi connectivity index (χ1v) is 7.73. The monoisotopic (exact) mass is 340 g/mol. The quantitative estimate of drug-likeness (QED) is 0.630. The van der Waals surface area contributed by atoms with Gasteiger partial charge in [-0.25, -0.2) is 0 Å². The van der Waals surface area contributed by atoms with Crippen molar-refractivity contribution in [2.45, 2.75) is 26.4 Å². The van der Waals surface area contributed by atoms with Crippen molar-refractivity contribution in [1.82, 2.24) is 0 Å². The maximum absolute atomic E-state index is 12.6. The molecule has 0 saturated heterocycles. The van der Waals surface area contributed by atoms with Crippen molar-refractivity contribution in [1.29, 1.82) is 0 Å². The SMILES string of the molecule is CC(=O)Oc1cc(OC(C)=O)c2c(c1)O[C@H](c1ccccc1)CC2=O. The molecule has 1 atom stereocenters. The number of rotatable bonds is 3. The van der Waals surface area contributed by atoms with Gasteiger partial charge in [0.2, 0.25) is 0 Å². The molecule has 0 radical (unpaired) electrons. The molecule has 0 N–H and O–H groups in total. The molecule has 0 unspecified atom stereocenters. The lowest BCUT2D eigenvalue weighted by Crippen LogP contribution is -2.22. The van der Waals surface area contributed by atoms with Crippen LogP contribution in [0.1, 0.15) is 42.3 Å². The summed E-state index contributed by atoms with van der Waals surface area (Å²) in [5, 5.41) is 0. The third-order valence-electron chi connectivity index (χ3n) is 3.64. The van der Waals surface area contributed by atoms with Gasteiger partial charge >= 0.3 is 11.9 Å². The molecule has 1 aliphatic rings. The average molecular weight is 340 g/mol. The van der Waals surface area contributed by atoms with Crippen LogP contribution in [0, 0.1) is 0 Å². The standard InChI is InChI=1S/C19H16O6/c1-11(20)23-14-8-17(24-12(2)21)19-15(22)10-16(25-18(19)9-14)13-6-4-3-5-7-13/h3-9,16H,10H2,1-2H3/t16-/m0/s1. The molecule has 25 heavy (non-hydrogen) atoms. The number of benzene rings is 2. The molecule has 0 fully saturated rings. The van der Waals surface area contributed by atoms with Crippen LogP contribution >= 0.6 is 0 Å². The molecule has 6 heteroatoms. The zero-order valence-electron chi connectivity index (χ0n) is 13.8. The summed E-state index contributed by atoms with van der Waals surface area (Å²) in [7, 11) is 0. The highest BCUT2D eigenvalue weighted by atomic mass is 16.5. The first kappa shape index (κ1) is 16.7. The molecule has 0 bridgehead atoms. The van der Waals surface area contributed by atoms with Gasteiger partial charge in [-0.05, 0) is 5.56 Å². The van der Waals surface area contributed by atoms with Crippen molar-refractivity contribution in [2.75, 3.05) is 0 Å². The summed E-state index contributed by atoms with van der Waals surface area (Å²) >= 11 is 0. The largest absolute Gasteiger partial charge is 0.484 e. The fraction of sp³-hybridized carbons (Fsp3) is 0.211. The van der Waals surface area contributed by atoms with Crippen LogP contribution in [0.4, 0.5) is 0 Å². The van der Waals surface area contributed by atoms with Gasteiger partial charge in [0.1, 0.15) is 28.9 Å². The normalized spacial score (nSPS) is 15.8. The summed E-state index contributed by atoms with van der Waals surface area (Å²) < 4.78 is 16.1. The van der Waals surface area contributed by atoms with Crippen molar-refractivity contribution >= 4 is 17.7 Å². The molecule has 3 rings (SSSR count). The van der Waals surface area contributed by atoms with E-state index >= 15 is 0 Å². The summed E-state index contributed by atoms with van der Waals surface area (Å²) in [6.45, 7) is 2.48. The molecule has 1 aliphatic heterocycles. The van der Waals surface area contributed by atoms with E-state index in [0.29, 0.717) is 0 Å². The van der Waals surface area contributed by atoms with Crippen LogP contribution in [0.3, 0.4) is 0 Å². The van der Waals surface area contributed by atoms with Gasteiger partial charge < -0.3 is 14.2 Å². The minimum Gasteiger partial charge on any atom is -0.484 e. The van der Waals surface area contributed by atoms with Crippen LogP contribution in [-0.2, 0) is 9.59 Å². The smallest absolute Gasteiger partial charge is 0.308 e.